The number of benzene rings is 1. The number of β-amino-alcohol motifs (C(OH)–C–C–N with tert-alkyl or cyclic N) is 1. The van der Waals surface area contributed by atoms with E-state index in [9.17, 15) is 5.11 Å². The molecule has 1 aromatic rings. The van der Waals surface area contributed by atoms with E-state index in [4.69, 9.17) is 21.1 Å². The molecule has 1 heterocycles. The molecule has 2 atom stereocenters. The number of rotatable bonds is 6. The highest BCUT2D eigenvalue weighted by molar-refractivity contribution is 6.30. The fraction of sp³-hybridized carbons (Fsp3) is 0.600. The SMILES string of the molecule is CC1(NCC(O)COc2cccc(Cl)c2)CCCOC1. The molecule has 0 aliphatic carbocycles. The van der Waals surface area contributed by atoms with Gasteiger partial charge in [0.15, 0.2) is 0 Å². The highest BCUT2D eigenvalue weighted by atomic mass is 35.5. The van der Waals surface area contributed by atoms with Crippen molar-refractivity contribution in [1.82, 2.24) is 5.32 Å². The minimum absolute atomic E-state index is 0.0463. The number of aliphatic hydroxyl groups is 1. The third kappa shape index (κ3) is 4.94. The van der Waals surface area contributed by atoms with E-state index in [1.807, 2.05) is 12.1 Å². The Kier molecular flexibility index (Phi) is 5.66. The normalized spacial score (nSPS) is 24.4. The second-order valence-corrected chi connectivity index (χ2v) is 5.96. The largest absolute Gasteiger partial charge is 0.491 e. The van der Waals surface area contributed by atoms with E-state index in [0.29, 0.717) is 23.9 Å². The van der Waals surface area contributed by atoms with Crippen molar-refractivity contribution in [2.24, 2.45) is 0 Å². The fourth-order valence-corrected chi connectivity index (χ4v) is 2.43. The highest BCUT2D eigenvalue weighted by Gasteiger charge is 2.27. The minimum Gasteiger partial charge on any atom is -0.491 e. The molecular weight excluding hydrogens is 278 g/mol. The number of ether oxygens (including phenoxy) is 2. The zero-order valence-corrected chi connectivity index (χ0v) is 12.5. The van der Waals surface area contributed by atoms with E-state index < -0.39 is 6.10 Å². The van der Waals surface area contributed by atoms with Gasteiger partial charge in [0.2, 0.25) is 0 Å². The summed E-state index contributed by atoms with van der Waals surface area (Å²) in [5.41, 5.74) is -0.0463. The summed E-state index contributed by atoms with van der Waals surface area (Å²) in [5, 5.41) is 14.0. The lowest BCUT2D eigenvalue weighted by molar-refractivity contribution is 0.0184. The van der Waals surface area contributed by atoms with E-state index >= 15 is 0 Å². The van der Waals surface area contributed by atoms with Crippen molar-refractivity contribution in [1.29, 1.82) is 0 Å². The summed E-state index contributed by atoms with van der Waals surface area (Å²) >= 11 is 5.87. The molecule has 20 heavy (non-hydrogen) atoms. The monoisotopic (exact) mass is 299 g/mol. The quantitative estimate of drug-likeness (QED) is 0.846. The first kappa shape index (κ1) is 15.6. The first-order valence-corrected chi connectivity index (χ1v) is 7.34. The Hall–Kier alpha value is -0.810. The molecule has 1 saturated heterocycles. The molecular formula is C15H22ClNO3. The van der Waals surface area contributed by atoms with Gasteiger partial charge in [0, 0.05) is 23.7 Å². The van der Waals surface area contributed by atoms with Gasteiger partial charge in [-0.1, -0.05) is 17.7 Å². The lowest BCUT2D eigenvalue weighted by atomic mass is 9.95. The predicted molar refractivity (Wildman–Crippen MR) is 79.4 cm³/mol. The van der Waals surface area contributed by atoms with E-state index in [0.717, 1.165) is 19.4 Å². The maximum absolute atomic E-state index is 9.96. The number of halogens is 1. The van der Waals surface area contributed by atoms with Crippen molar-refractivity contribution in [2.45, 2.75) is 31.4 Å². The Morgan fingerprint density at radius 2 is 2.40 bits per heavy atom. The first-order valence-electron chi connectivity index (χ1n) is 6.97. The molecule has 0 radical (unpaired) electrons. The first-order chi connectivity index (χ1) is 9.57. The molecule has 0 aromatic heterocycles. The third-order valence-electron chi connectivity index (χ3n) is 3.44. The van der Waals surface area contributed by atoms with Crippen molar-refractivity contribution in [3.63, 3.8) is 0 Å². The number of hydrogen-bond donors (Lipinski definition) is 2. The predicted octanol–water partition coefficient (Wildman–Crippen LogP) is 2.24. The zero-order valence-electron chi connectivity index (χ0n) is 11.8. The smallest absolute Gasteiger partial charge is 0.120 e. The highest BCUT2D eigenvalue weighted by Crippen LogP contribution is 2.19. The molecule has 2 unspecified atom stereocenters. The van der Waals surface area contributed by atoms with Crippen molar-refractivity contribution >= 4 is 11.6 Å². The van der Waals surface area contributed by atoms with Gasteiger partial charge in [-0.3, -0.25) is 0 Å². The molecule has 1 aliphatic heterocycles. The Morgan fingerprint density at radius 1 is 1.55 bits per heavy atom. The van der Waals surface area contributed by atoms with Crippen LogP contribution in [-0.2, 0) is 4.74 Å². The maximum atomic E-state index is 9.96. The average molecular weight is 300 g/mol. The van der Waals surface area contributed by atoms with E-state index in [2.05, 4.69) is 12.2 Å². The minimum atomic E-state index is -0.562. The van der Waals surface area contributed by atoms with Gasteiger partial charge in [-0.2, -0.15) is 0 Å². The Labute approximate surface area is 125 Å². The lowest BCUT2D eigenvalue weighted by Gasteiger charge is -2.35. The Morgan fingerprint density at radius 3 is 3.10 bits per heavy atom. The van der Waals surface area contributed by atoms with E-state index in [1.165, 1.54) is 0 Å². The summed E-state index contributed by atoms with van der Waals surface area (Å²) in [7, 11) is 0. The standard InChI is InChI=1S/C15H22ClNO3/c1-15(6-3-7-19-11-15)17-9-13(18)10-20-14-5-2-4-12(16)8-14/h2,4-5,8,13,17-18H,3,6-7,9-11H2,1H3. The van der Waals surface area contributed by atoms with Crippen LogP contribution in [0.15, 0.2) is 24.3 Å². The molecule has 0 saturated carbocycles. The van der Waals surface area contributed by atoms with E-state index in [1.54, 1.807) is 12.1 Å². The van der Waals surface area contributed by atoms with Crippen LogP contribution >= 0.6 is 11.6 Å². The van der Waals surface area contributed by atoms with Gasteiger partial charge in [-0.15, -0.1) is 0 Å². The number of aliphatic hydroxyl groups excluding tert-OH is 1. The van der Waals surface area contributed by atoms with Gasteiger partial charge in [-0.05, 0) is 38.0 Å². The topological polar surface area (TPSA) is 50.7 Å². The third-order valence-corrected chi connectivity index (χ3v) is 3.68. The average Bonchev–Trinajstić information content (AvgIpc) is 2.44. The Balaban J connectivity index is 1.71. The van der Waals surface area contributed by atoms with Crippen LogP contribution in [0.4, 0.5) is 0 Å². The molecule has 2 N–H and O–H groups in total. The fourth-order valence-electron chi connectivity index (χ4n) is 2.25. The van der Waals surface area contributed by atoms with Gasteiger partial charge in [-0.25, -0.2) is 0 Å². The lowest BCUT2D eigenvalue weighted by Crippen LogP contribution is -2.51. The molecule has 2 rings (SSSR count). The van der Waals surface area contributed by atoms with Crippen molar-refractivity contribution in [2.75, 3.05) is 26.4 Å². The zero-order chi connectivity index (χ0) is 14.4. The van der Waals surface area contributed by atoms with Crippen molar-refractivity contribution in [3.05, 3.63) is 29.3 Å². The van der Waals surface area contributed by atoms with Gasteiger partial charge >= 0.3 is 0 Å². The molecule has 1 fully saturated rings. The van der Waals surface area contributed by atoms with Crippen LogP contribution < -0.4 is 10.1 Å². The summed E-state index contributed by atoms with van der Waals surface area (Å²) in [6.07, 6.45) is 1.56. The molecule has 5 heteroatoms. The van der Waals surface area contributed by atoms with Crippen molar-refractivity contribution < 1.29 is 14.6 Å². The number of nitrogens with one attached hydrogen (secondary N) is 1. The summed E-state index contributed by atoms with van der Waals surface area (Å²) in [4.78, 5) is 0. The summed E-state index contributed by atoms with van der Waals surface area (Å²) < 4.78 is 11.0. The second kappa shape index (κ2) is 7.27. The summed E-state index contributed by atoms with van der Waals surface area (Å²) in [6, 6.07) is 7.17. The molecule has 4 nitrogen and oxygen atoms in total. The molecule has 0 bridgehead atoms. The van der Waals surface area contributed by atoms with Crippen LogP contribution in [0.25, 0.3) is 0 Å². The van der Waals surface area contributed by atoms with Gasteiger partial charge in [0.05, 0.1) is 6.61 Å². The molecule has 0 spiro atoms. The summed E-state index contributed by atoms with van der Waals surface area (Å²) in [5.74, 6) is 0.670. The molecule has 1 aliphatic rings. The maximum Gasteiger partial charge on any atom is 0.120 e. The number of hydrogen-bond acceptors (Lipinski definition) is 4. The van der Waals surface area contributed by atoms with Crippen LogP contribution in [0.2, 0.25) is 5.02 Å². The molecule has 112 valence electrons. The molecule has 1 aromatic carbocycles. The van der Waals surface area contributed by atoms with Crippen LogP contribution in [0.1, 0.15) is 19.8 Å². The van der Waals surface area contributed by atoms with Crippen LogP contribution in [-0.4, -0.2) is 43.1 Å². The van der Waals surface area contributed by atoms with Crippen LogP contribution in [0.5, 0.6) is 5.75 Å². The van der Waals surface area contributed by atoms with Gasteiger partial charge < -0.3 is 19.9 Å². The van der Waals surface area contributed by atoms with Gasteiger partial charge in [0.25, 0.3) is 0 Å². The second-order valence-electron chi connectivity index (χ2n) is 5.52. The van der Waals surface area contributed by atoms with E-state index in [-0.39, 0.29) is 12.1 Å². The summed E-state index contributed by atoms with van der Waals surface area (Å²) in [6.45, 7) is 4.37. The van der Waals surface area contributed by atoms with Crippen molar-refractivity contribution in [3.8, 4) is 5.75 Å². The molecule has 0 amide bonds. The van der Waals surface area contributed by atoms with Gasteiger partial charge in [0.1, 0.15) is 18.5 Å². The van der Waals surface area contributed by atoms with Crippen LogP contribution in [0.3, 0.4) is 0 Å². The Bertz CT molecular complexity index is 421. The van der Waals surface area contributed by atoms with Crippen LogP contribution in [0, 0.1) is 0 Å².